The van der Waals surface area contributed by atoms with Gasteiger partial charge in [-0.05, 0) is 37.6 Å². The second-order valence-electron chi connectivity index (χ2n) is 4.64. The first-order chi connectivity index (χ1) is 8.56. The summed E-state index contributed by atoms with van der Waals surface area (Å²) in [4.78, 5) is 13.8. The van der Waals surface area contributed by atoms with Crippen LogP contribution in [0.25, 0.3) is 6.08 Å². The number of carbonyl (C=O) groups is 1. The molecule has 2 nitrogen and oxygen atoms in total. The summed E-state index contributed by atoms with van der Waals surface area (Å²) in [5.41, 5.74) is 3.57. The molecule has 18 heavy (non-hydrogen) atoms. The molecule has 1 aliphatic rings. The van der Waals surface area contributed by atoms with Crippen LogP contribution in [0.4, 0.5) is 0 Å². The molecular weight excluding hydrogens is 246 g/mol. The minimum absolute atomic E-state index is 0.0566. The molecule has 94 valence electrons. The van der Waals surface area contributed by atoms with Gasteiger partial charge in [0.1, 0.15) is 0 Å². The fourth-order valence-electron chi connectivity index (χ4n) is 1.90. The molecule has 0 radical (unpaired) electrons. The summed E-state index contributed by atoms with van der Waals surface area (Å²) < 4.78 is 0. The second-order valence-corrected chi connectivity index (χ2v) is 5.08. The lowest BCUT2D eigenvalue weighted by atomic mass is 10.2. The normalized spacial score (nSPS) is 15.8. The van der Waals surface area contributed by atoms with Gasteiger partial charge in [-0.3, -0.25) is 4.79 Å². The van der Waals surface area contributed by atoms with Crippen LogP contribution in [-0.4, -0.2) is 23.9 Å². The quantitative estimate of drug-likeness (QED) is 0.589. The van der Waals surface area contributed by atoms with E-state index in [1.807, 2.05) is 35.2 Å². The maximum atomic E-state index is 12.0. The summed E-state index contributed by atoms with van der Waals surface area (Å²) in [6, 6.07) is 7.42. The van der Waals surface area contributed by atoms with Crippen LogP contribution in [0.2, 0.25) is 5.02 Å². The van der Waals surface area contributed by atoms with Crippen LogP contribution in [0.1, 0.15) is 19.4 Å². The molecule has 0 saturated carbocycles. The van der Waals surface area contributed by atoms with Crippen LogP contribution >= 0.6 is 11.6 Å². The SMILES string of the molecule is CC1=C(C)CN(C(=O)/C=C/c2ccc(Cl)cc2)C1. The monoisotopic (exact) mass is 261 g/mol. The zero-order chi connectivity index (χ0) is 13.1. The van der Waals surface area contributed by atoms with Crippen molar-refractivity contribution in [2.75, 3.05) is 13.1 Å². The molecule has 0 N–H and O–H groups in total. The van der Waals surface area contributed by atoms with Gasteiger partial charge in [-0.15, -0.1) is 0 Å². The number of nitrogens with zero attached hydrogens (tertiary/aromatic N) is 1. The molecule has 0 unspecified atom stereocenters. The van der Waals surface area contributed by atoms with Crippen LogP contribution in [0.3, 0.4) is 0 Å². The molecular formula is C15H16ClNO. The van der Waals surface area contributed by atoms with Gasteiger partial charge in [0, 0.05) is 24.2 Å². The zero-order valence-electron chi connectivity index (χ0n) is 10.6. The highest BCUT2D eigenvalue weighted by Crippen LogP contribution is 2.17. The van der Waals surface area contributed by atoms with Gasteiger partial charge < -0.3 is 4.90 Å². The third kappa shape index (κ3) is 3.02. The minimum atomic E-state index is 0.0566. The van der Waals surface area contributed by atoms with Crippen molar-refractivity contribution in [3.63, 3.8) is 0 Å². The van der Waals surface area contributed by atoms with Crippen LogP contribution < -0.4 is 0 Å². The Morgan fingerprint density at radius 1 is 1.17 bits per heavy atom. The molecule has 0 aliphatic carbocycles. The highest BCUT2D eigenvalue weighted by molar-refractivity contribution is 6.30. The van der Waals surface area contributed by atoms with Gasteiger partial charge >= 0.3 is 0 Å². The number of amides is 1. The summed E-state index contributed by atoms with van der Waals surface area (Å²) >= 11 is 5.81. The summed E-state index contributed by atoms with van der Waals surface area (Å²) in [6.07, 6.45) is 3.44. The van der Waals surface area contributed by atoms with Crippen molar-refractivity contribution < 1.29 is 4.79 Å². The van der Waals surface area contributed by atoms with E-state index >= 15 is 0 Å². The Balaban J connectivity index is 1.98. The molecule has 0 spiro atoms. The molecule has 1 aromatic rings. The van der Waals surface area contributed by atoms with Crippen LogP contribution in [0.5, 0.6) is 0 Å². The number of carbonyl (C=O) groups excluding carboxylic acids is 1. The molecule has 1 aliphatic heterocycles. The zero-order valence-corrected chi connectivity index (χ0v) is 11.4. The fourth-order valence-corrected chi connectivity index (χ4v) is 2.03. The van der Waals surface area contributed by atoms with Crippen LogP contribution in [0.15, 0.2) is 41.5 Å². The Hall–Kier alpha value is -1.54. The Morgan fingerprint density at radius 2 is 1.72 bits per heavy atom. The summed E-state index contributed by atoms with van der Waals surface area (Å²) in [7, 11) is 0. The van der Waals surface area contributed by atoms with Gasteiger partial charge in [-0.1, -0.05) is 34.9 Å². The number of hydrogen-bond donors (Lipinski definition) is 0. The van der Waals surface area contributed by atoms with E-state index in [2.05, 4.69) is 13.8 Å². The molecule has 3 heteroatoms. The first kappa shape index (κ1) is 12.9. The van der Waals surface area contributed by atoms with E-state index < -0.39 is 0 Å². The average Bonchev–Trinajstić information content (AvgIpc) is 2.69. The lowest BCUT2D eigenvalue weighted by Crippen LogP contribution is -2.27. The van der Waals surface area contributed by atoms with E-state index in [9.17, 15) is 4.79 Å². The van der Waals surface area contributed by atoms with Gasteiger partial charge in [0.2, 0.25) is 5.91 Å². The molecule has 1 heterocycles. The van der Waals surface area contributed by atoms with Crippen molar-refractivity contribution >= 4 is 23.6 Å². The van der Waals surface area contributed by atoms with E-state index in [-0.39, 0.29) is 5.91 Å². The number of hydrogen-bond acceptors (Lipinski definition) is 1. The molecule has 1 aromatic carbocycles. The summed E-state index contributed by atoms with van der Waals surface area (Å²) in [6.45, 7) is 5.64. The van der Waals surface area contributed by atoms with Crippen molar-refractivity contribution in [2.24, 2.45) is 0 Å². The lowest BCUT2D eigenvalue weighted by Gasteiger charge is -2.13. The second kappa shape index (κ2) is 5.40. The first-order valence-corrected chi connectivity index (χ1v) is 6.32. The highest BCUT2D eigenvalue weighted by Gasteiger charge is 2.18. The fraction of sp³-hybridized carbons (Fsp3) is 0.267. The standard InChI is InChI=1S/C15H16ClNO/c1-11-9-17(10-12(11)2)15(18)8-5-13-3-6-14(16)7-4-13/h3-8H,9-10H2,1-2H3/b8-5+. The topological polar surface area (TPSA) is 20.3 Å². The molecule has 0 saturated heterocycles. The maximum absolute atomic E-state index is 12.0. The Labute approximate surface area is 113 Å². The predicted octanol–water partition coefficient (Wildman–Crippen LogP) is 3.53. The van der Waals surface area contributed by atoms with Crippen molar-refractivity contribution in [1.29, 1.82) is 0 Å². The Morgan fingerprint density at radius 3 is 2.28 bits per heavy atom. The molecule has 2 rings (SSSR count). The smallest absolute Gasteiger partial charge is 0.247 e. The van der Waals surface area contributed by atoms with Crippen LogP contribution in [-0.2, 0) is 4.79 Å². The van der Waals surface area contributed by atoms with E-state index in [1.165, 1.54) is 11.1 Å². The largest absolute Gasteiger partial charge is 0.331 e. The molecule has 0 bridgehead atoms. The predicted molar refractivity (Wildman–Crippen MR) is 75.4 cm³/mol. The highest BCUT2D eigenvalue weighted by atomic mass is 35.5. The maximum Gasteiger partial charge on any atom is 0.247 e. The van der Waals surface area contributed by atoms with E-state index in [1.54, 1.807) is 6.08 Å². The number of benzene rings is 1. The molecule has 1 amide bonds. The van der Waals surface area contributed by atoms with E-state index in [0.717, 1.165) is 18.7 Å². The molecule has 0 aromatic heterocycles. The van der Waals surface area contributed by atoms with E-state index in [0.29, 0.717) is 5.02 Å². The number of rotatable bonds is 2. The lowest BCUT2D eigenvalue weighted by molar-refractivity contribution is -0.124. The summed E-state index contributed by atoms with van der Waals surface area (Å²) in [5.74, 6) is 0.0566. The summed E-state index contributed by atoms with van der Waals surface area (Å²) in [5, 5.41) is 0.702. The van der Waals surface area contributed by atoms with Crippen molar-refractivity contribution in [3.05, 3.63) is 52.1 Å². The third-order valence-corrected chi connectivity index (χ3v) is 3.44. The third-order valence-electron chi connectivity index (χ3n) is 3.18. The Kier molecular flexibility index (Phi) is 3.87. The number of halogens is 1. The van der Waals surface area contributed by atoms with Gasteiger partial charge in [0.25, 0.3) is 0 Å². The van der Waals surface area contributed by atoms with Crippen molar-refractivity contribution in [2.45, 2.75) is 13.8 Å². The van der Waals surface area contributed by atoms with Crippen molar-refractivity contribution in [1.82, 2.24) is 4.90 Å². The Bertz CT molecular complexity index is 500. The van der Waals surface area contributed by atoms with Crippen LogP contribution in [0, 0.1) is 0 Å². The van der Waals surface area contributed by atoms with Gasteiger partial charge in [-0.2, -0.15) is 0 Å². The molecule has 0 atom stereocenters. The first-order valence-electron chi connectivity index (χ1n) is 5.94. The average molecular weight is 262 g/mol. The van der Waals surface area contributed by atoms with E-state index in [4.69, 9.17) is 11.6 Å². The molecule has 0 fully saturated rings. The van der Waals surface area contributed by atoms with Crippen molar-refractivity contribution in [3.8, 4) is 0 Å². The van der Waals surface area contributed by atoms with Gasteiger partial charge in [0.05, 0.1) is 0 Å². The van der Waals surface area contributed by atoms with Gasteiger partial charge in [0.15, 0.2) is 0 Å². The van der Waals surface area contributed by atoms with Gasteiger partial charge in [-0.25, -0.2) is 0 Å². The minimum Gasteiger partial charge on any atom is -0.331 e.